The van der Waals surface area contributed by atoms with Crippen molar-refractivity contribution in [3.8, 4) is 0 Å². The van der Waals surface area contributed by atoms with Gasteiger partial charge in [0.2, 0.25) is 0 Å². The second-order valence-corrected chi connectivity index (χ2v) is 6.87. The lowest BCUT2D eigenvalue weighted by Crippen LogP contribution is -2.47. The van der Waals surface area contributed by atoms with Crippen molar-refractivity contribution in [2.45, 2.75) is 39.5 Å². The molecule has 1 saturated carbocycles. The molecule has 0 aromatic carbocycles. The number of hydrogen-bond donors (Lipinski definition) is 0. The third-order valence-electron chi connectivity index (χ3n) is 4.21. The number of likely N-dealkylation sites (tertiary alicyclic amines) is 1. The molecule has 0 bridgehead atoms. The van der Waals surface area contributed by atoms with E-state index in [-0.39, 0.29) is 0 Å². The molecule has 1 saturated heterocycles. The maximum Gasteiger partial charge on any atom is 0.00719 e. The molecule has 2 unspecified atom stereocenters. The van der Waals surface area contributed by atoms with Gasteiger partial charge >= 0.3 is 0 Å². The Balaban J connectivity index is 1.85. The average Bonchev–Trinajstić information content (AvgIpc) is 2.14. The number of halogens is 1. The SMILES string of the molecule is CC1CC(CBr)CN(CC2(C)CCC2)C1. The molecule has 1 heterocycles. The van der Waals surface area contributed by atoms with E-state index in [1.807, 2.05) is 0 Å². The highest BCUT2D eigenvalue weighted by Gasteiger charge is 2.35. The van der Waals surface area contributed by atoms with Gasteiger partial charge < -0.3 is 4.90 Å². The van der Waals surface area contributed by atoms with Crippen molar-refractivity contribution in [1.29, 1.82) is 0 Å². The fourth-order valence-electron chi connectivity index (χ4n) is 3.32. The lowest BCUT2D eigenvalue weighted by atomic mass is 9.70. The smallest absolute Gasteiger partial charge is 0.00719 e. The zero-order valence-corrected chi connectivity index (χ0v) is 11.7. The molecule has 1 aliphatic carbocycles. The highest BCUT2D eigenvalue weighted by Crippen LogP contribution is 2.41. The summed E-state index contributed by atoms with van der Waals surface area (Å²) in [6.07, 6.45) is 5.79. The van der Waals surface area contributed by atoms with Crippen LogP contribution in [0.5, 0.6) is 0 Å². The molecular weight excluding hydrogens is 250 g/mol. The summed E-state index contributed by atoms with van der Waals surface area (Å²) in [7, 11) is 0. The highest BCUT2D eigenvalue weighted by atomic mass is 79.9. The van der Waals surface area contributed by atoms with Crippen molar-refractivity contribution in [3.05, 3.63) is 0 Å². The van der Waals surface area contributed by atoms with Crippen LogP contribution in [0.15, 0.2) is 0 Å². The van der Waals surface area contributed by atoms with E-state index in [4.69, 9.17) is 0 Å². The minimum atomic E-state index is 0.661. The van der Waals surface area contributed by atoms with Gasteiger partial charge in [-0.05, 0) is 36.5 Å². The molecule has 0 amide bonds. The van der Waals surface area contributed by atoms with Crippen molar-refractivity contribution in [3.63, 3.8) is 0 Å². The lowest BCUT2D eigenvalue weighted by Gasteiger charge is -2.45. The quantitative estimate of drug-likeness (QED) is 0.712. The number of piperidine rings is 1. The second kappa shape index (κ2) is 4.75. The standard InChI is InChI=1S/C13H24BrN/c1-11-6-12(7-14)9-15(8-11)10-13(2)4-3-5-13/h11-12H,3-10H2,1-2H3. The Hall–Kier alpha value is 0.440. The van der Waals surface area contributed by atoms with Crippen molar-refractivity contribution < 1.29 is 0 Å². The van der Waals surface area contributed by atoms with Crippen LogP contribution in [0, 0.1) is 17.3 Å². The molecule has 1 nitrogen and oxygen atoms in total. The summed E-state index contributed by atoms with van der Waals surface area (Å²) in [5.41, 5.74) is 0.661. The minimum absolute atomic E-state index is 0.661. The van der Waals surface area contributed by atoms with Crippen LogP contribution in [0.2, 0.25) is 0 Å². The molecular formula is C13H24BrN. The summed E-state index contributed by atoms with van der Waals surface area (Å²) in [6, 6.07) is 0. The zero-order chi connectivity index (χ0) is 10.9. The molecule has 0 spiro atoms. The van der Waals surface area contributed by atoms with Crippen molar-refractivity contribution >= 4 is 15.9 Å². The van der Waals surface area contributed by atoms with E-state index < -0.39 is 0 Å². The molecule has 2 rings (SSSR count). The van der Waals surface area contributed by atoms with E-state index in [1.165, 1.54) is 50.6 Å². The molecule has 1 aliphatic heterocycles. The predicted molar refractivity (Wildman–Crippen MR) is 69.5 cm³/mol. The lowest BCUT2D eigenvalue weighted by molar-refractivity contribution is 0.0474. The number of rotatable bonds is 3. The van der Waals surface area contributed by atoms with E-state index in [0.717, 1.165) is 11.8 Å². The van der Waals surface area contributed by atoms with Crippen molar-refractivity contribution in [1.82, 2.24) is 4.90 Å². The Morgan fingerprint density at radius 1 is 1.33 bits per heavy atom. The summed E-state index contributed by atoms with van der Waals surface area (Å²) >= 11 is 3.65. The van der Waals surface area contributed by atoms with Gasteiger partial charge in [-0.3, -0.25) is 0 Å². The maximum atomic E-state index is 3.65. The van der Waals surface area contributed by atoms with Gasteiger partial charge in [-0.2, -0.15) is 0 Å². The van der Waals surface area contributed by atoms with Gasteiger partial charge in [-0.25, -0.2) is 0 Å². The third kappa shape index (κ3) is 2.97. The average molecular weight is 274 g/mol. The molecule has 2 fully saturated rings. The van der Waals surface area contributed by atoms with E-state index in [0.29, 0.717) is 5.41 Å². The van der Waals surface area contributed by atoms with Crippen LogP contribution in [0.3, 0.4) is 0 Å². The van der Waals surface area contributed by atoms with E-state index in [2.05, 4.69) is 34.7 Å². The Labute approximate surface area is 103 Å². The summed E-state index contributed by atoms with van der Waals surface area (Å²) in [5, 5.41) is 1.19. The van der Waals surface area contributed by atoms with Crippen LogP contribution >= 0.6 is 15.9 Å². The predicted octanol–water partition coefficient (Wildman–Crippen LogP) is 3.53. The van der Waals surface area contributed by atoms with Crippen LogP contribution < -0.4 is 0 Å². The highest BCUT2D eigenvalue weighted by molar-refractivity contribution is 9.09. The van der Waals surface area contributed by atoms with Crippen LogP contribution in [0.25, 0.3) is 0 Å². The first-order valence-electron chi connectivity index (χ1n) is 6.40. The first kappa shape index (κ1) is 11.9. The van der Waals surface area contributed by atoms with E-state index in [1.54, 1.807) is 0 Å². The molecule has 2 atom stereocenters. The van der Waals surface area contributed by atoms with Gasteiger partial charge in [0.05, 0.1) is 0 Å². The Bertz CT molecular complexity index is 213. The van der Waals surface area contributed by atoms with Crippen LogP contribution in [-0.4, -0.2) is 29.9 Å². The van der Waals surface area contributed by atoms with Crippen molar-refractivity contribution in [2.24, 2.45) is 17.3 Å². The second-order valence-electron chi connectivity index (χ2n) is 6.22. The fraction of sp³-hybridized carbons (Fsp3) is 1.00. The zero-order valence-electron chi connectivity index (χ0n) is 10.1. The first-order valence-corrected chi connectivity index (χ1v) is 7.52. The Morgan fingerprint density at radius 2 is 2.07 bits per heavy atom. The summed E-state index contributed by atoms with van der Waals surface area (Å²) in [5.74, 6) is 1.78. The van der Waals surface area contributed by atoms with Gasteiger partial charge in [0, 0.05) is 25.0 Å². The van der Waals surface area contributed by atoms with Gasteiger partial charge in [-0.1, -0.05) is 36.2 Å². The van der Waals surface area contributed by atoms with Crippen LogP contribution in [-0.2, 0) is 0 Å². The van der Waals surface area contributed by atoms with E-state index >= 15 is 0 Å². The molecule has 0 N–H and O–H groups in total. The molecule has 88 valence electrons. The summed E-state index contributed by atoms with van der Waals surface area (Å²) in [4.78, 5) is 2.72. The topological polar surface area (TPSA) is 3.24 Å². The number of nitrogens with zero attached hydrogens (tertiary/aromatic N) is 1. The van der Waals surface area contributed by atoms with Crippen LogP contribution in [0.4, 0.5) is 0 Å². The number of alkyl halides is 1. The third-order valence-corrected chi connectivity index (χ3v) is 5.12. The normalized spacial score (nSPS) is 36.2. The van der Waals surface area contributed by atoms with Gasteiger partial charge in [-0.15, -0.1) is 0 Å². The molecule has 0 aromatic heterocycles. The van der Waals surface area contributed by atoms with Gasteiger partial charge in [0.15, 0.2) is 0 Å². The van der Waals surface area contributed by atoms with Gasteiger partial charge in [0.1, 0.15) is 0 Å². The largest absolute Gasteiger partial charge is 0.302 e. The Morgan fingerprint density at radius 3 is 2.60 bits per heavy atom. The molecule has 0 radical (unpaired) electrons. The van der Waals surface area contributed by atoms with Crippen molar-refractivity contribution in [2.75, 3.05) is 25.0 Å². The molecule has 2 aliphatic rings. The number of hydrogen-bond acceptors (Lipinski definition) is 1. The van der Waals surface area contributed by atoms with Crippen LogP contribution in [0.1, 0.15) is 39.5 Å². The maximum absolute atomic E-state index is 3.65. The summed E-state index contributed by atoms with van der Waals surface area (Å²) < 4.78 is 0. The van der Waals surface area contributed by atoms with E-state index in [9.17, 15) is 0 Å². The fourth-order valence-corrected chi connectivity index (χ4v) is 3.79. The summed E-state index contributed by atoms with van der Waals surface area (Å²) in [6.45, 7) is 8.88. The minimum Gasteiger partial charge on any atom is -0.302 e. The van der Waals surface area contributed by atoms with Gasteiger partial charge in [0.25, 0.3) is 0 Å². The molecule has 15 heavy (non-hydrogen) atoms. The first-order chi connectivity index (χ1) is 7.11. The monoisotopic (exact) mass is 273 g/mol. The Kier molecular flexibility index (Phi) is 3.77. The molecule has 0 aromatic rings. The molecule has 2 heteroatoms.